The summed E-state index contributed by atoms with van der Waals surface area (Å²) in [6.45, 7) is 0. The van der Waals surface area contributed by atoms with E-state index in [-0.39, 0.29) is 6.42 Å². The van der Waals surface area contributed by atoms with E-state index in [1.165, 1.54) is 0 Å². The van der Waals surface area contributed by atoms with Crippen molar-refractivity contribution < 1.29 is 15.0 Å². The Kier molecular flexibility index (Phi) is 3.86. The smallest absolute Gasteiger partial charge is 0.234 e. The van der Waals surface area contributed by atoms with Crippen molar-refractivity contribution in [3.8, 4) is 6.07 Å². The number of aliphatic hydroxyl groups excluding tert-OH is 2. The first kappa shape index (κ1) is 11.0. The highest BCUT2D eigenvalue weighted by Gasteiger charge is 2.31. The van der Waals surface area contributed by atoms with Gasteiger partial charge in [0.1, 0.15) is 6.42 Å². The van der Waals surface area contributed by atoms with Crippen molar-refractivity contribution >= 4 is 5.91 Å². The summed E-state index contributed by atoms with van der Waals surface area (Å²) in [7, 11) is 0. The van der Waals surface area contributed by atoms with Crippen molar-refractivity contribution in [2.24, 2.45) is 0 Å². The molecule has 1 fully saturated rings. The molecule has 0 bridgehead atoms. The van der Waals surface area contributed by atoms with Crippen LogP contribution < -0.4 is 5.32 Å². The number of amides is 1. The van der Waals surface area contributed by atoms with Crippen LogP contribution in [0.4, 0.5) is 0 Å². The molecule has 0 aromatic heterocycles. The van der Waals surface area contributed by atoms with Gasteiger partial charge in [-0.25, -0.2) is 0 Å². The Balaban J connectivity index is 2.43. The average molecular weight is 198 g/mol. The van der Waals surface area contributed by atoms with Gasteiger partial charge in [-0.1, -0.05) is 0 Å². The summed E-state index contributed by atoms with van der Waals surface area (Å²) >= 11 is 0. The molecule has 0 spiro atoms. The second kappa shape index (κ2) is 4.94. The Bertz CT molecular complexity index is 249. The van der Waals surface area contributed by atoms with Crippen LogP contribution in [0.2, 0.25) is 0 Å². The van der Waals surface area contributed by atoms with Crippen LogP contribution in [-0.2, 0) is 4.79 Å². The number of nitrogens with one attached hydrogen (secondary N) is 1. The third-order valence-corrected chi connectivity index (χ3v) is 2.41. The Morgan fingerprint density at radius 2 is 2.21 bits per heavy atom. The molecule has 1 saturated carbocycles. The molecule has 0 heterocycles. The predicted molar refractivity (Wildman–Crippen MR) is 48.0 cm³/mol. The van der Waals surface area contributed by atoms with E-state index in [0.29, 0.717) is 12.8 Å². The highest BCUT2D eigenvalue weighted by molar-refractivity contribution is 5.78. The Labute approximate surface area is 82.3 Å². The lowest BCUT2D eigenvalue weighted by atomic mass is 9.90. The van der Waals surface area contributed by atoms with Gasteiger partial charge < -0.3 is 15.5 Å². The van der Waals surface area contributed by atoms with E-state index in [1.54, 1.807) is 6.07 Å². The summed E-state index contributed by atoms with van der Waals surface area (Å²) in [5.74, 6) is -0.398. The second-order valence-electron chi connectivity index (χ2n) is 3.50. The van der Waals surface area contributed by atoms with Crippen LogP contribution in [0.1, 0.15) is 25.7 Å². The van der Waals surface area contributed by atoms with Gasteiger partial charge >= 0.3 is 0 Å². The van der Waals surface area contributed by atoms with Crippen LogP contribution in [0.25, 0.3) is 0 Å². The maximum atomic E-state index is 11.0. The number of carbonyl (C=O) groups is 1. The Morgan fingerprint density at radius 1 is 1.50 bits per heavy atom. The number of carbonyl (C=O) groups excluding carboxylic acids is 1. The summed E-state index contributed by atoms with van der Waals surface area (Å²) in [5.41, 5.74) is 0. The molecule has 5 heteroatoms. The first-order valence-corrected chi connectivity index (χ1v) is 4.67. The number of nitriles is 1. The maximum absolute atomic E-state index is 11.0. The Morgan fingerprint density at radius 3 is 2.86 bits per heavy atom. The fourth-order valence-corrected chi connectivity index (χ4v) is 1.64. The molecule has 1 rings (SSSR count). The number of nitrogens with zero attached hydrogens (tertiary/aromatic N) is 1. The van der Waals surface area contributed by atoms with Gasteiger partial charge in [-0.15, -0.1) is 0 Å². The van der Waals surface area contributed by atoms with E-state index >= 15 is 0 Å². The van der Waals surface area contributed by atoms with Crippen LogP contribution in [0.5, 0.6) is 0 Å². The summed E-state index contributed by atoms with van der Waals surface area (Å²) < 4.78 is 0. The molecule has 1 amide bonds. The zero-order valence-electron chi connectivity index (χ0n) is 7.81. The SMILES string of the molecule is N#CCC(=O)NC1CCCC(O)C1O. The van der Waals surface area contributed by atoms with Gasteiger partial charge in [0, 0.05) is 0 Å². The molecule has 0 radical (unpaired) electrons. The minimum Gasteiger partial charge on any atom is -0.390 e. The third-order valence-electron chi connectivity index (χ3n) is 2.41. The van der Waals surface area contributed by atoms with Gasteiger partial charge in [-0.3, -0.25) is 4.79 Å². The maximum Gasteiger partial charge on any atom is 0.234 e. The molecular formula is C9H14N2O3. The zero-order valence-corrected chi connectivity index (χ0v) is 7.81. The molecule has 14 heavy (non-hydrogen) atoms. The largest absolute Gasteiger partial charge is 0.390 e. The van der Waals surface area contributed by atoms with Gasteiger partial charge in [0.05, 0.1) is 24.3 Å². The standard InChI is InChI=1S/C9H14N2O3/c10-5-4-8(13)11-6-2-1-3-7(12)9(6)14/h6-7,9,12,14H,1-4H2,(H,11,13). The molecule has 3 atom stereocenters. The van der Waals surface area contributed by atoms with Gasteiger partial charge in [0.25, 0.3) is 0 Å². The van der Waals surface area contributed by atoms with E-state index in [4.69, 9.17) is 5.26 Å². The molecule has 78 valence electrons. The highest BCUT2D eigenvalue weighted by Crippen LogP contribution is 2.19. The number of aliphatic hydroxyl groups is 2. The molecule has 1 aliphatic carbocycles. The topological polar surface area (TPSA) is 93.4 Å². The monoisotopic (exact) mass is 198 g/mol. The third kappa shape index (κ3) is 2.69. The molecule has 0 aliphatic heterocycles. The molecule has 3 unspecified atom stereocenters. The summed E-state index contributed by atoms with van der Waals surface area (Å²) in [4.78, 5) is 11.0. The molecule has 3 N–H and O–H groups in total. The van der Waals surface area contributed by atoms with E-state index < -0.39 is 24.2 Å². The summed E-state index contributed by atoms with van der Waals surface area (Å²) in [6.07, 6.45) is 0.0958. The van der Waals surface area contributed by atoms with Crippen molar-refractivity contribution in [3.63, 3.8) is 0 Å². The lowest BCUT2D eigenvalue weighted by Gasteiger charge is -2.32. The van der Waals surface area contributed by atoms with Crippen molar-refractivity contribution in [2.75, 3.05) is 0 Å². The van der Waals surface area contributed by atoms with Gasteiger partial charge in [-0.2, -0.15) is 5.26 Å². The van der Waals surface area contributed by atoms with E-state index in [1.807, 2.05) is 0 Å². The molecule has 0 aromatic carbocycles. The quantitative estimate of drug-likeness (QED) is 0.546. The van der Waals surface area contributed by atoms with E-state index in [2.05, 4.69) is 5.32 Å². The first-order valence-electron chi connectivity index (χ1n) is 4.67. The van der Waals surface area contributed by atoms with Crippen LogP contribution in [0.3, 0.4) is 0 Å². The number of hydrogen-bond acceptors (Lipinski definition) is 4. The van der Waals surface area contributed by atoms with Crippen LogP contribution in [0, 0.1) is 11.3 Å². The molecule has 5 nitrogen and oxygen atoms in total. The predicted octanol–water partition coefficient (Wildman–Crippen LogP) is -0.709. The minimum absolute atomic E-state index is 0.209. The lowest BCUT2D eigenvalue weighted by molar-refractivity contribution is -0.123. The van der Waals surface area contributed by atoms with Crippen molar-refractivity contribution in [1.29, 1.82) is 5.26 Å². The summed E-state index contributed by atoms with van der Waals surface area (Å²) in [6, 6.07) is 1.31. The molecule has 1 aliphatic rings. The number of rotatable bonds is 2. The van der Waals surface area contributed by atoms with Crippen LogP contribution >= 0.6 is 0 Å². The molecular weight excluding hydrogens is 184 g/mol. The fourth-order valence-electron chi connectivity index (χ4n) is 1.64. The lowest BCUT2D eigenvalue weighted by Crippen LogP contribution is -2.50. The summed E-state index contributed by atoms with van der Waals surface area (Å²) in [5, 5.41) is 29.6. The normalized spacial score (nSPS) is 31.9. The van der Waals surface area contributed by atoms with Crippen molar-refractivity contribution in [2.45, 2.75) is 43.9 Å². The fraction of sp³-hybridized carbons (Fsp3) is 0.778. The highest BCUT2D eigenvalue weighted by atomic mass is 16.3. The Hall–Kier alpha value is -1.12. The second-order valence-corrected chi connectivity index (χ2v) is 3.50. The number of hydrogen-bond donors (Lipinski definition) is 3. The van der Waals surface area contributed by atoms with Crippen LogP contribution in [0.15, 0.2) is 0 Å². The van der Waals surface area contributed by atoms with Crippen LogP contribution in [-0.4, -0.2) is 34.4 Å². The van der Waals surface area contributed by atoms with Gasteiger partial charge in [0.2, 0.25) is 5.91 Å². The molecule has 0 aromatic rings. The zero-order chi connectivity index (χ0) is 10.6. The van der Waals surface area contributed by atoms with Crippen molar-refractivity contribution in [3.05, 3.63) is 0 Å². The van der Waals surface area contributed by atoms with Gasteiger partial charge in [0.15, 0.2) is 0 Å². The first-order chi connectivity index (χ1) is 6.65. The van der Waals surface area contributed by atoms with Gasteiger partial charge in [-0.05, 0) is 19.3 Å². The minimum atomic E-state index is -0.911. The van der Waals surface area contributed by atoms with E-state index in [9.17, 15) is 15.0 Å². The van der Waals surface area contributed by atoms with E-state index in [0.717, 1.165) is 6.42 Å². The van der Waals surface area contributed by atoms with Crippen molar-refractivity contribution in [1.82, 2.24) is 5.32 Å². The molecule has 0 saturated heterocycles. The average Bonchev–Trinajstić information content (AvgIpc) is 2.13.